The van der Waals surface area contributed by atoms with E-state index in [4.69, 9.17) is 11.5 Å². The van der Waals surface area contributed by atoms with E-state index in [0.717, 1.165) is 12.8 Å². The molecule has 6 nitrogen and oxygen atoms in total. The monoisotopic (exact) mass is 224 g/mol. The Balaban J connectivity index is 4.02. The van der Waals surface area contributed by atoms with Crippen LogP contribution in [-0.4, -0.2) is 23.2 Å². The molecule has 0 aliphatic rings. The SMILES string of the molecule is CCCCC(N)P(=O)(O)OCC(N)=O. The van der Waals surface area contributed by atoms with Gasteiger partial charge in [0.05, 0.1) is 0 Å². The van der Waals surface area contributed by atoms with Gasteiger partial charge in [-0.25, -0.2) is 0 Å². The van der Waals surface area contributed by atoms with Crippen molar-refractivity contribution in [2.24, 2.45) is 11.5 Å². The number of primary amides is 1. The summed E-state index contributed by atoms with van der Waals surface area (Å²) in [5.74, 6) is -1.73. The molecule has 0 fully saturated rings. The summed E-state index contributed by atoms with van der Waals surface area (Å²) in [4.78, 5) is 19.6. The zero-order valence-corrected chi connectivity index (χ0v) is 9.07. The Labute approximate surface area is 83.1 Å². The number of carbonyl (C=O) groups is 1. The third-order valence-corrected chi connectivity index (χ3v) is 3.26. The van der Waals surface area contributed by atoms with Gasteiger partial charge in [-0.15, -0.1) is 0 Å². The minimum absolute atomic E-state index is 0.392. The smallest absolute Gasteiger partial charge is 0.345 e. The van der Waals surface area contributed by atoms with E-state index in [1.54, 1.807) is 0 Å². The molecule has 7 heteroatoms. The molecule has 0 saturated heterocycles. The van der Waals surface area contributed by atoms with Crippen molar-refractivity contribution in [2.45, 2.75) is 32.0 Å². The molecular weight excluding hydrogens is 207 g/mol. The Bertz CT molecular complexity index is 234. The van der Waals surface area contributed by atoms with Crippen LogP contribution in [-0.2, 0) is 13.9 Å². The van der Waals surface area contributed by atoms with Crippen molar-refractivity contribution in [1.29, 1.82) is 0 Å². The molecule has 0 radical (unpaired) electrons. The van der Waals surface area contributed by atoms with Crippen LogP contribution in [0.1, 0.15) is 26.2 Å². The lowest BCUT2D eigenvalue weighted by Gasteiger charge is -2.17. The molecule has 84 valence electrons. The molecule has 0 rings (SSSR count). The van der Waals surface area contributed by atoms with Gasteiger partial charge in [0.25, 0.3) is 0 Å². The Morgan fingerprint density at radius 3 is 2.64 bits per heavy atom. The maximum Gasteiger partial charge on any atom is 0.345 e. The highest BCUT2D eigenvalue weighted by Gasteiger charge is 2.28. The van der Waals surface area contributed by atoms with Gasteiger partial charge >= 0.3 is 7.60 Å². The van der Waals surface area contributed by atoms with Gasteiger partial charge in [-0.2, -0.15) is 0 Å². The van der Waals surface area contributed by atoms with Crippen LogP contribution in [0.25, 0.3) is 0 Å². The third kappa shape index (κ3) is 5.34. The van der Waals surface area contributed by atoms with E-state index in [1.165, 1.54) is 0 Å². The highest BCUT2D eigenvalue weighted by molar-refractivity contribution is 7.53. The molecule has 5 N–H and O–H groups in total. The van der Waals surface area contributed by atoms with Crippen LogP contribution >= 0.6 is 7.60 Å². The summed E-state index contributed by atoms with van der Waals surface area (Å²) < 4.78 is 15.8. The summed E-state index contributed by atoms with van der Waals surface area (Å²) in [5.41, 5.74) is 10.2. The molecule has 0 aromatic heterocycles. The zero-order valence-electron chi connectivity index (χ0n) is 8.18. The third-order valence-electron chi connectivity index (χ3n) is 1.66. The van der Waals surface area contributed by atoms with Crippen LogP contribution in [0.3, 0.4) is 0 Å². The van der Waals surface area contributed by atoms with Crippen LogP contribution in [0.2, 0.25) is 0 Å². The molecule has 0 aromatic rings. The normalized spacial score (nSPS) is 17.4. The summed E-state index contributed by atoms with van der Waals surface area (Å²) in [5, 5.41) is 0. The predicted octanol–water partition coefficient (Wildman–Crippen LogP) is 0.149. The van der Waals surface area contributed by atoms with Crippen molar-refractivity contribution < 1.29 is 18.8 Å². The Morgan fingerprint density at radius 2 is 2.21 bits per heavy atom. The van der Waals surface area contributed by atoms with Gasteiger partial charge in [0, 0.05) is 0 Å². The first kappa shape index (κ1) is 13.6. The summed E-state index contributed by atoms with van der Waals surface area (Å²) in [6.45, 7) is 1.37. The highest BCUT2D eigenvalue weighted by Crippen LogP contribution is 2.46. The van der Waals surface area contributed by atoms with Gasteiger partial charge in [0.1, 0.15) is 12.4 Å². The first-order valence-electron chi connectivity index (χ1n) is 4.41. The highest BCUT2D eigenvalue weighted by atomic mass is 31.2. The number of hydrogen-bond acceptors (Lipinski definition) is 4. The van der Waals surface area contributed by atoms with Crippen molar-refractivity contribution in [1.82, 2.24) is 0 Å². The summed E-state index contributed by atoms with van der Waals surface area (Å²) >= 11 is 0. The van der Waals surface area contributed by atoms with Crippen LogP contribution in [0.5, 0.6) is 0 Å². The van der Waals surface area contributed by atoms with E-state index in [-0.39, 0.29) is 0 Å². The maximum absolute atomic E-state index is 11.3. The quantitative estimate of drug-likeness (QED) is 0.532. The summed E-state index contributed by atoms with van der Waals surface area (Å²) in [6, 6.07) is 0. The number of hydrogen-bond donors (Lipinski definition) is 3. The van der Waals surface area contributed by atoms with Gasteiger partial charge in [-0.05, 0) is 6.42 Å². The van der Waals surface area contributed by atoms with Crippen LogP contribution in [0.15, 0.2) is 0 Å². The predicted molar refractivity (Wildman–Crippen MR) is 52.5 cm³/mol. The van der Waals surface area contributed by atoms with Gasteiger partial charge in [0.15, 0.2) is 0 Å². The van der Waals surface area contributed by atoms with E-state index in [1.807, 2.05) is 6.92 Å². The molecule has 0 aliphatic heterocycles. The van der Waals surface area contributed by atoms with E-state index < -0.39 is 25.9 Å². The van der Waals surface area contributed by atoms with Crippen molar-refractivity contribution in [3.8, 4) is 0 Å². The molecular formula is C7H17N2O4P. The first-order chi connectivity index (χ1) is 6.40. The fraction of sp³-hybridized carbons (Fsp3) is 0.857. The zero-order chi connectivity index (χ0) is 11.2. The second-order valence-electron chi connectivity index (χ2n) is 3.01. The minimum atomic E-state index is -3.89. The van der Waals surface area contributed by atoms with E-state index in [9.17, 15) is 14.3 Å². The Morgan fingerprint density at radius 1 is 1.64 bits per heavy atom. The summed E-state index contributed by atoms with van der Waals surface area (Å²) in [6.07, 6.45) is 2.01. The van der Waals surface area contributed by atoms with Crippen molar-refractivity contribution >= 4 is 13.5 Å². The minimum Gasteiger partial charge on any atom is -0.368 e. The Hall–Kier alpha value is -0.420. The average Bonchev–Trinajstić information content (AvgIpc) is 2.11. The maximum atomic E-state index is 11.3. The van der Waals surface area contributed by atoms with Gasteiger partial charge in [0.2, 0.25) is 5.91 Å². The topological polar surface area (TPSA) is 116 Å². The fourth-order valence-electron chi connectivity index (χ4n) is 0.828. The largest absolute Gasteiger partial charge is 0.368 e. The number of amides is 1. The number of carbonyl (C=O) groups excluding carboxylic acids is 1. The first-order valence-corrected chi connectivity index (χ1v) is 6.05. The molecule has 0 spiro atoms. The van der Waals surface area contributed by atoms with Gasteiger partial charge < -0.3 is 16.4 Å². The van der Waals surface area contributed by atoms with E-state index >= 15 is 0 Å². The van der Waals surface area contributed by atoms with E-state index in [0.29, 0.717) is 6.42 Å². The second kappa shape index (κ2) is 6.14. The standard InChI is InChI=1S/C7H17N2O4P/c1-2-3-4-7(9)14(11,12)13-5-6(8)10/h7H,2-5,9H2,1H3,(H2,8,10)(H,11,12). The second-order valence-corrected chi connectivity index (χ2v) is 5.06. The van der Waals surface area contributed by atoms with Crippen LogP contribution in [0.4, 0.5) is 0 Å². The molecule has 0 saturated carbocycles. The molecule has 0 bridgehead atoms. The number of nitrogens with two attached hydrogens (primary N) is 2. The average molecular weight is 224 g/mol. The Kier molecular flexibility index (Phi) is 5.95. The molecule has 0 aliphatic carbocycles. The lowest BCUT2D eigenvalue weighted by molar-refractivity contribution is -0.120. The molecule has 2 unspecified atom stereocenters. The molecule has 14 heavy (non-hydrogen) atoms. The van der Waals surface area contributed by atoms with Crippen molar-refractivity contribution in [3.05, 3.63) is 0 Å². The van der Waals surface area contributed by atoms with Crippen LogP contribution < -0.4 is 11.5 Å². The lowest BCUT2D eigenvalue weighted by atomic mass is 10.2. The molecule has 2 atom stereocenters. The number of unbranched alkanes of at least 4 members (excludes halogenated alkanes) is 1. The number of rotatable bonds is 7. The van der Waals surface area contributed by atoms with Gasteiger partial charge in [-0.1, -0.05) is 19.8 Å². The van der Waals surface area contributed by atoms with Crippen molar-refractivity contribution in [3.63, 3.8) is 0 Å². The molecule has 0 aromatic carbocycles. The lowest BCUT2D eigenvalue weighted by Crippen LogP contribution is -2.24. The van der Waals surface area contributed by atoms with Gasteiger partial charge in [-0.3, -0.25) is 13.9 Å². The van der Waals surface area contributed by atoms with Crippen LogP contribution in [0, 0.1) is 0 Å². The van der Waals surface area contributed by atoms with E-state index in [2.05, 4.69) is 4.52 Å². The fourth-order valence-corrected chi connectivity index (χ4v) is 1.84. The molecule has 0 heterocycles. The van der Waals surface area contributed by atoms with Crippen molar-refractivity contribution in [2.75, 3.05) is 6.61 Å². The summed E-state index contributed by atoms with van der Waals surface area (Å²) in [7, 11) is -3.89. The molecule has 1 amide bonds.